The molecule has 1 saturated heterocycles. The van der Waals surface area contributed by atoms with Gasteiger partial charge in [-0.15, -0.1) is 0 Å². The van der Waals surface area contributed by atoms with E-state index in [9.17, 15) is 0 Å². The Morgan fingerprint density at radius 2 is 2.00 bits per heavy atom. The SMILES string of the molecule is C(=C\C1CNCCN1)/c1ccccc1. The van der Waals surface area contributed by atoms with Gasteiger partial charge in [0.2, 0.25) is 0 Å². The van der Waals surface area contributed by atoms with E-state index in [-0.39, 0.29) is 0 Å². The van der Waals surface area contributed by atoms with Gasteiger partial charge in [-0.2, -0.15) is 0 Å². The summed E-state index contributed by atoms with van der Waals surface area (Å²) in [6.45, 7) is 3.17. The molecule has 0 spiro atoms. The van der Waals surface area contributed by atoms with Gasteiger partial charge in [-0.05, 0) is 5.56 Å². The fourth-order valence-corrected chi connectivity index (χ4v) is 1.60. The Bertz CT molecular complexity index is 286. The Balaban J connectivity index is 1.93. The first-order valence-corrected chi connectivity index (χ1v) is 5.12. The zero-order valence-electron chi connectivity index (χ0n) is 8.24. The van der Waals surface area contributed by atoms with Gasteiger partial charge in [0.05, 0.1) is 0 Å². The van der Waals surface area contributed by atoms with Crippen LogP contribution in [0, 0.1) is 0 Å². The Morgan fingerprint density at radius 3 is 2.71 bits per heavy atom. The molecule has 2 N–H and O–H groups in total. The van der Waals surface area contributed by atoms with Gasteiger partial charge in [0.25, 0.3) is 0 Å². The summed E-state index contributed by atoms with van der Waals surface area (Å²) in [5, 5.41) is 6.80. The molecule has 0 aliphatic carbocycles. The normalized spacial score (nSPS) is 22.7. The zero-order valence-corrected chi connectivity index (χ0v) is 8.24. The first-order valence-electron chi connectivity index (χ1n) is 5.12. The van der Waals surface area contributed by atoms with Crippen molar-refractivity contribution in [2.75, 3.05) is 19.6 Å². The van der Waals surface area contributed by atoms with E-state index in [2.05, 4.69) is 47.1 Å². The summed E-state index contributed by atoms with van der Waals surface area (Å²) in [5.41, 5.74) is 1.26. The number of hydrogen-bond acceptors (Lipinski definition) is 2. The maximum Gasteiger partial charge on any atom is 0.0379 e. The lowest BCUT2D eigenvalue weighted by molar-refractivity contribution is 0.472. The van der Waals surface area contributed by atoms with Crippen molar-refractivity contribution in [2.24, 2.45) is 0 Å². The quantitative estimate of drug-likeness (QED) is 0.730. The maximum absolute atomic E-state index is 3.44. The minimum atomic E-state index is 0.476. The van der Waals surface area contributed by atoms with Crippen LogP contribution in [0.4, 0.5) is 0 Å². The van der Waals surface area contributed by atoms with Gasteiger partial charge >= 0.3 is 0 Å². The third-order valence-electron chi connectivity index (χ3n) is 2.39. The van der Waals surface area contributed by atoms with Crippen LogP contribution in [0.1, 0.15) is 5.56 Å². The third-order valence-corrected chi connectivity index (χ3v) is 2.39. The summed E-state index contributed by atoms with van der Waals surface area (Å²) >= 11 is 0. The first kappa shape index (κ1) is 9.44. The topological polar surface area (TPSA) is 24.1 Å². The predicted molar refractivity (Wildman–Crippen MR) is 60.1 cm³/mol. The number of rotatable bonds is 2. The molecular weight excluding hydrogens is 172 g/mol. The van der Waals surface area contributed by atoms with Crippen LogP contribution in [0.15, 0.2) is 36.4 Å². The summed E-state index contributed by atoms with van der Waals surface area (Å²) in [6.07, 6.45) is 4.39. The number of hydrogen-bond donors (Lipinski definition) is 2. The molecule has 1 atom stereocenters. The van der Waals surface area contributed by atoms with E-state index in [1.807, 2.05) is 6.07 Å². The Hall–Kier alpha value is -1.12. The van der Waals surface area contributed by atoms with Crippen molar-refractivity contribution in [3.8, 4) is 0 Å². The summed E-state index contributed by atoms with van der Waals surface area (Å²) in [4.78, 5) is 0. The van der Waals surface area contributed by atoms with Crippen LogP contribution in [0.2, 0.25) is 0 Å². The van der Waals surface area contributed by atoms with Gasteiger partial charge in [0, 0.05) is 25.7 Å². The minimum Gasteiger partial charge on any atom is -0.314 e. The van der Waals surface area contributed by atoms with Crippen molar-refractivity contribution < 1.29 is 0 Å². The van der Waals surface area contributed by atoms with Gasteiger partial charge in [-0.3, -0.25) is 0 Å². The average Bonchev–Trinajstić information content (AvgIpc) is 2.29. The molecule has 1 heterocycles. The first-order chi connectivity index (χ1) is 6.95. The molecule has 74 valence electrons. The van der Waals surface area contributed by atoms with Gasteiger partial charge in [0.15, 0.2) is 0 Å². The van der Waals surface area contributed by atoms with Gasteiger partial charge in [0.1, 0.15) is 0 Å². The van der Waals surface area contributed by atoms with Gasteiger partial charge in [-0.1, -0.05) is 42.5 Å². The van der Waals surface area contributed by atoms with Crippen LogP contribution in [-0.4, -0.2) is 25.7 Å². The van der Waals surface area contributed by atoms with Gasteiger partial charge < -0.3 is 10.6 Å². The number of piperazine rings is 1. The molecule has 1 aromatic carbocycles. The fraction of sp³-hybridized carbons (Fsp3) is 0.333. The van der Waals surface area contributed by atoms with Gasteiger partial charge in [-0.25, -0.2) is 0 Å². The fourth-order valence-electron chi connectivity index (χ4n) is 1.60. The van der Waals surface area contributed by atoms with E-state index in [0.29, 0.717) is 6.04 Å². The predicted octanol–water partition coefficient (Wildman–Crippen LogP) is 1.26. The molecule has 2 heteroatoms. The highest BCUT2D eigenvalue weighted by Gasteiger charge is 2.06. The maximum atomic E-state index is 3.44. The molecule has 0 saturated carbocycles. The molecule has 1 fully saturated rings. The summed E-state index contributed by atoms with van der Waals surface area (Å²) < 4.78 is 0. The molecule has 1 aliphatic rings. The monoisotopic (exact) mass is 188 g/mol. The highest BCUT2D eigenvalue weighted by molar-refractivity contribution is 5.49. The zero-order chi connectivity index (χ0) is 9.64. The molecule has 0 bridgehead atoms. The number of benzene rings is 1. The summed E-state index contributed by atoms with van der Waals surface area (Å²) in [7, 11) is 0. The molecular formula is C12H16N2. The highest BCUT2D eigenvalue weighted by Crippen LogP contribution is 2.02. The van der Waals surface area contributed by atoms with Crippen LogP contribution in [0.5, 0.6) is 0 Å². The van der Waals surface area contributed by atoms with Crippen molar-refractivity contribution in [3.63, 3.8) is 0 Å². The van der Waals surface area contributed by atoms with E-state index in [0.717, 1.165) is 19.6 Å². The van der Waals surface area contributed by atoms with Crippen molar-refractivity contribution in [2.45, 2.75) is 6.04 Å². The standard InChI is InChI=1S/C12H16N2/c1-2-4-11(5-3-1)6-7-12-10-13-8-9-14-12/h1-7,12-14H,8-10H2/b7-6+. The van der Waals surface area contributed by atoms with Crippen LogP contribution < -0.4 is 10.6 Å². The highest BCUT2D eigenvalue weighted by atomic mass is 15.0. The Kier molecular flexibility index (Phi) is 3.33. The van der Waals surface area contributed by atoms with E-state index in [1.165, 1.54) is 5.56 Å². The van der Waals surface area contributed by atoms with E-state index < -0.39 is 0 Å². The average molecular weight is 188 g/mol. The van der Waals surface area contributed by atoms with Crippen LogP contribution >= 0.6 is 0 Å². The largest absolute Gasteiger partial charge is 0.314 e. The summed E-state index contributed by atoms with van der Waals surface area (Å²) in [5.74, 6) is 0. The van der Waals surface area contributed by atoms with Crippen LogP contribution in [-0.2, 0) is 0 Å². The molecule has 0 radical (unpaired) electrons. The molecule has 0 amide bonds. The smallest absolute Gasteiger partial charge is 0.0379 e. The molecule has 14 heavy (non-hydrogen) atoms. The Labute approximate surface area is 85.0 Å². The molecule has 2 nitrogen and oxygen atoms in total. The van der Waals surface area contributed by atoms with Crippen LogP contribution in [0.25, 0.3) is 6.08 Å². The van der Waals surface area contributed by atoms with Crippen molar-refractivity contribution in [1.82, 2.24) is 10.6 Å². The van der Waals surface area contributed by atoms with Crippen molar-refractivity contribution in [1.29, 1.82) is 0 Å². The lowest BCUT2D eigenvalue weighted by atomic mass is 10.1. The lowest BCUT2D eigenvalue weighted by Gasteiger charge is -2.21. The lowest BCUT2D eigenvalue weighted by Crippen LogP contribution is -2.47. The Morgan fingerprint density at radius 1 is 1.14 bits per heavy atom. The molecule has 1 aromatic rings. The minimum absolute atomic E-state index is 0.476. The summed E-state index contributed by atoms with van der Waals surface area (Å²) in [6, 6.07) is 10.9. The molecule has 1 unspecified atom stereocenters. The van der Waals surface area contributed by atoms with Crippen molar-refractivity contribution in [3.05, 3.63) is 42.0 Å². The molecule has 0 aromatic heterocycles. The molecule has 2 rings (SSSR count). The van der Waals surface area contributed by atoms with Crippen LogP contribution in [0.3, 0.4) is 0 Å². The van der Waals surface area contributed by atoms with E-state index in [4.69, 9.17) is 0 Å². The molecule has 1 aliphatic heterocycles. The number of nitrogens with one attached hydrogen (secondary N) is 2. The third kappa shape index (κ3) is 2.69. The second kappa shape index (κ2) is 4.94. The van der Waals surface area contributed by atoms with Crippen molar-refractivity contribution >= 4 is 6.08 Å². The second-order valence-corrected chi connectivity index (χ2v) is 3.53. The second-order valence-electron chi connectivity index (χ2n) is 3.53. The van der Waals surface area contributed by atoms with E-state index in [1.54, 1.807) is 0 Å². The van der Waals surface area contributed by atoms with E-state index >= 15 is 0 Å².